The van der Waals surface area contributed by atoms with Gasteiger partial charge in [0.1, 0.15) is 13.1 Å². The lowest BCUT2D eigenvalue weighted by atomic mass is 10.1. The number of nitrogens with zero attached hydrogens (tertiary/aromatic N) is 2. The Hall–Kier alpha value is -2.28. The minimum absolute atomic E-state index is 0.0208. The molecule has 1 aliphatic heterocycles. The second kappa shape index (κ2) is 9.03. The van der Waals surface area contributed by atoms with Gasteiger partial charge in [0.05, 0.1) is 36.5 Å². The van der Waals surface area contributed by atoms with Crippen LogP contribution in [0.25, 0.3) is 10.2 Å². The Kier molecular flexibility index (Phi) is 6.23. The molecular weight excluding hydrogens is 382 g/mol. The number of aryl methyl sites for hydroxylation is 2. The molecule has 6 heteroatoms. The zero-order valence-corrected chi connectivity index (χ0v) is 17.9. The molecule has 152 valence electrons. The van der Waals surface area contributed by atoms with Crippen molar-refractivity contribution in [1.29, 1.82) is 0 Å². The number of amides is 1. The number of ether oxygens (including phenoxy) is 1. The number of benzene rings is 2. The lowest BCUT2D eigenvalue weighted by Gasteiger charge is -2.27. The summed E-state index contributed by atoms with van der Waals surface area (Å²) in [5.74, 6) is 0.0208. The number of hydrogen-bond acceptors (Lipinski definition) is 4. The summed E-state index contributed by atoms with van der Waals surface area (Å²) in [6.07, 6.45) is 0.996. The number of nitrogens with one attached hydrogen (secondary N) is 1. The number of morpholine rings is 1. The Morgan fingerprint density at radius 1 is 1.17 bits per heavy atom. The van der Waals surface area contributed by atoms with Crippen LogP contribution in [0.4, 0.5) is 5.13 Å². The molecule has 0 atom stereocenters. The predicted octanol–water partition coefficient (Wildman–Crippen LogP) is 2.73. The number of anilines is 1. The van der Waals surface area contributed by atoms with E-state index in [-0.39, 0.29) is 5.91 Å². The minimum atomic E-state index is 0.0208. The number of aromatic nitrogens is 1. The molecule has 1 aliphatic rings. The maximum absolute atomic E-state index is 13.4. The fourth-order valence-electron chi connectivity index (χ4n) is 3.61. The van der Waals surface area contributed by atoms with Crippen LogP contribution in [0, 0.1) is 6.92 Å². The topological polar surface area (TPSA) is 46.9 Å². The van der Waals surface area contributed by atoms with Gasteiger partial charge in [-0.15, -0.1) is 0 Å². The van der Waals surface area contributed by atoms with E-state index in [9.17, 15) is 4.79 Å². The molecule has 5 nitrogen and oxygen atoms in total. The zero-order chi connectivity index (χ0) is 20.2. The fraction of sp³-hybridized carbons (Fsp3) is 0.391. The summed E-state index contributed by atoms with van der Waals surface area (Å²) < 4.78 is 6.61. The van der Waals surface area contributed by atoms with Crippen LogP contribution in [0.15, 0.2) is 42.5 Å². The van der Waals surface area contributed by atoms with Gasteiger partial charge in [-0.05, 0) is 43.2 Å². The fourth-order valence-corrected chi connectivity index (χ4v) is 4.66. The Bertz CT molecular complexity index is 977. The van der Waals surface area contributed by atoms with Crippen LogP contribution in [-0.2, 0) is 11.2 Å². The molecule has 2 heterocycles. The quantitative estimate of drug-likeness (QED) is 0.680. The third-order valence-corrected chi connectivity index (χ3v) is 6.55. The summed E-state index contributed by atoms with van der Waals surface area (Å²) in [6.45, 7) is 9.32. The van der Waals surface area contributed by atoms with Crippen molar-refractivity contribution in [2.45, 2.75) is 20.3 Å². The van der Waals surface area contributed by atoms with Crippen molar-refractivity contribution in [3.8, 4) is 0 Å². The number of quaternary nitrogens is 1. The van der Waals surface area contributed by atoms with E-state index < -0.39 is 0 Å². The Morgan fingerprint density at radius 2 is 1.93 bits per heavy atom. The number of carbonyl (C=O) groups excluding carboxylic acids is 1. The average Bonchev–Trinajstić information content (AvgIpc) is 3.17. The highest BCUT2D eigenvalue weighted by molar-refractivity contribution is 7.22. The van der Waals surface area contributed by atoms with Gasteiger partial charge in [0.15, 0.2) is 5.13 Å². The van der Waals surface area contributed by atoms with Crippen molar-refractivity contribution in [2.24, 2.45) is 0 Å². The molecule has 1 amide bonds. The molecule has 0 saturated carbocycles. The van der Waals surface area contributed by atoms with Crippen molar-refractivity contribution in [3.05, 3.63) is 59.2 Å². The molecule has 29 heavy (non-hydrogen) atoms. The van der Waals surface area contributed by atoms with Crippen molar-refractivity contribution in [2.75, 3.05) is 44.3 Å². The van der Waals surface area contributed by atoms with Crippen LogP contribution in [0.2, 0.25) is 0 Å². The van der Waals surface area contributed by atoms with Gasteiger partial charge in [-0.25, -0.2) is 4.98 Å². The first-order valence-corrected chi connectivity index (χ1v) is 11.1. The smallest absolute Gasteiger partial charge is 0.260 e. The van der Waals surface area contributed by atoms with Crippen LogP contribution in [0.1, 0.15) is 28.4 Å². The van der Waals surface area contributed by atoms with Crippen LogP contribution in [-0.4, -0.2) is 50.3 Å². The number of fused-ring (bicyclic) bond motifs is 1. The monoisotopic (exact) mass is 410 g/mol. The normalized spacial score (nSPS) is 15.0. The van der Waals surface area contributed by atoms with Gasteiger partial charge in [0, 0.05) is 5.56 Å². The molecule has 0 radical (unpaired) electrons. The van der Waals surface area contributed by atoms with E-state index in [2.05, 4.69) is 25.1 Å². The second-order valence-electron chi connectivity index (χ2n) is 7.59. The van der Waals surface area contributed by atoms with E-state index >= 15 is 0 Å². The van der Waals surface area contributed by atoms with E-state index in [4.69, 9.17) is 9.72 Å². The van der Waals surface area contributed by atoms with Gasteiger partial charge < -0.3 is 9.64 Å². The number of rotatable bonds is 6. The molecule has 0 unspecified atom stereocenters. The molecule has 0 bridgehead atoms. The summed E-state index contributed by atoms with van der Waals surface area (Å²) in [5.41, 5.74) is 4.11. The number of thiazole rings is 1. The Balaban J connectivity index is 1.63. The SMILES string of the molecule is CCc1ccc2nc(N(CC[NH+]3CCOCC3)C(=O)c3ccc(C)cc3)sc2c1. The summed E-state index contributed by atoms with van der Waals surface area (Å²) in [4.78, 5) is 21.5. The number of hydrogen-bond donors (Lipinski definition) is 1. The number of carbonyl (C=O) groups is 1. The maximum Gasteiger partial charge on any atom is 0.260 e. The van der Waals surface area contributed by atoms with Crippen molar-refractivity contribution < 1.29 is 14.4 Å². The van der Waals surface area contributed by atoms with E-state index in [1.807, 2.05) is 36.1 Å². The average molecular weight is 411 g/mol. The highest BCUT2D eigenvalue weighted by atomic mass is 32.1. The first kappa shape index (κ1) is 20.0. The van der Waals surface area contributed by atoms with Gasteiger partial charge in [-0.3, -0.25) is 9.69 Å². The van der Waals surface area contributed by atoms with Crippen molar-refractivity contribution >= 4 is 32.6 Å². The molecule has 1 fully saturated rings. The lowest BCUT2D eigenvalue weighted by molar-refractivity contribution is -0.906. The predicted molar refractivity (Wildman–Crippen MR) is 118 cm³/mol. The molecular formula is C23H28N3O2S+. The Labute approximate surface area is 175 Å². The van der Waals surface area contributed by atoms with Crippen LogP contribution in [0.3, 0.4) is 0 Å². The third-order valence-electron chi connectivity index (χ3n) is 5.51. The minimum Gasteiger partial charge on any atom is -0.370 e. The zero-order valence-electron chi connectivity index (χ0n) is 17.1. The van der Waals surface area contributed by atoms with E-state index in [0.29, 0.717) is 12.1 Å². The van der Waals surface area contributed by atoms with Crippen LogP contribution < -0.4 is 9.80 Å². The molecule has 1 aromatic heterocycles. The van der Waals surface area contributed by atoms with E-state index in [1.54, 1.807) is 11.3 Å². The largest absolute Gasteiger partial charge is 0.370 e. The van der Waals surface area contributed by atoms with Crippen molar-refractivity contribution in [3.63, 3.8) is 0 Å². The molecule has 2 aromatic carbocycles. The summed E-state index contributed by atoms with van der Waals surface area (Å²) in [5, 5.41) is 0.784. The maximum atomic E-state index is 13.4. The molecule has 1 saturated heterocycles. The first-order valence-electron chi connectivity index (χ1n) is 10.3. The molecule has 1 N–H and O–H groups in total. The standard InChI is InChI=1S/C23H27N3O2S/c1-3-18-6-9-20-21(16-18)29-23(24-20)26(11-10-25-12-14-28-15-13-25)22(27)19-7-4-17(2)5-8-19/h4-9,16H,3,10-15H2,1-2H3/p+1. The Morgan fingerprint density at radius 3 is 2.66 bits per heavy atom. The second-order valence-corrected chi connectivity index (χ2v) is 8.60. The van der Waals surface area contributed by atoms with Gasteiger partial charge in [-0.2, -0.15) is 0 Å². The molecule has 4 rings (SSSR count). The highest BCUT2D eigenvalue weighted by Crippen LogP contribution is 2.30. The molecule has 3 aromatic rings. The van der Waals surface area contributed by atoms with Gasteiger partial charge in [0.25, 0.3) is 5.91 Å². The summed E-state index contributed by atoms with van der Waals surface area (Å²) >= 11 is 1.61. The third kappa shape index (κ3) is 4.66. The van der Waals surface area contributed by atoms with E-state index in [1.165, 1.54) is 10.5 Å². The lowest BCUT2D eigenvalue weighted by Crippen LogP contribution is -3.14. The summed E-state index contributed by atoms with van der Waals surface area (Å²) in [6, 6.07) is 14.2. The van der Waals surface area contributed by atoms with Crippen LogP contribution in [0.5, 0.6) is 0 Å². The molecule has 0 aliphatic carbocycles. The van der Waals surface area contributed by atoms with Crippen molar-refractivity contribution in [1.82, 2.24) is 4.98 Å². The molecule has 0 spiro atoms. The summed E-state index contributed by atoms with van der Waals surface area (Å²) in [7, 11) is 0. The van der Waals surface area contributed by atoms with Gasteiger partial charge in [0.2, 0.25) is 0 Å². The van der Waals surface area contributed by atoms with Crippen LogP contribution >= 0.6 is 11.3 Å². The highest BCUT2D eigenvalue weighted by Gasteiger charge is 2.24. The van der Waals surface area contributed by atoms with Gasteiger partial charge >= 0.3 is 0 Å². The van der Waals surface area contributed by atoms with E-state index in [0.717, 1.165) is 60.2 Å². The first-order chi connectivity index (χ1) is 14.1. The van der Waals surface area contributed by atoms with Gasteiger partial charge in [-0.1, -0.05) is 42.0 Å².